The van der Waals surface area contributed by atoms with Gasteiger partial charge >= 0.3 is 0 Å². The Kier molecular flexibility index (Phi) is 22.8. The van der Waals surface area contributed by atoms with E-state index in [-0.39, 0.29) is 192 Å². The van der Waals surface area contributed by atoms with E-state index in [0.717, 1.165) is 0 Å². The largest absolute Gasteiger partial charge is 0.111 e. The average molecular weight is 1580 g/mol. The molecule has 397 valence electrons. The van der Waals surface area contributed by atoms with E-state index in [9.17, 15) is 0 Å². The summed E-state index contributed by atoms with van der Waals surface area (Å²) in [5.41, 5.74) is 1.16. The minimum atomic E-state index is -1.30. The minimum absolute atomic E-state index is 0.0162. The molecule has 0 saturated heterocycles. The van der Waals surface area contributed by atoms with Crippen LogP contribution in [0, 0.1) is 5.92 Å². The average Bonchev–Trinajstić information content (AvgIpc) is 3.43. The highest BCUT2D eigenvalue weighted by Gasteiger charge is 2.40. The molecule has 6 aromatic carbocycles. The summed E-state index contributed by atoms with van der Waals surface area (Å²) in [7, 11) is 0. The summed E-state index contributed by atoms with van der Waals surface area (Å²) in [4.78, 5) is 0. The molecule has 0 nitrogen and oxygen atoms in total. The van der Waals surface area contributed by atoms with Crippen LogP contribution in [0.2, 0.25) is 116 Å². The molecule has 0 aliphatic heterocycles. The maximum absolute atomic E-state index is 7.10. The highest BCUT2D eigenvalue weighted by molar-refractivity contribution is 6.61. The van der Waals surface area contributed by atoms with Crippen molar-refractivity contribution in [2.75, 3.05) is 0 Å². The minimum Gasteiger partial charge on any atom is -0.111 e. The van der Waals surface area contributed by atoms with Crippen LogP contribution in [-0.4, -0.2) is 5.38 Å². The first-order valence-electron chi connectivity index (χ1n) is 19.5. The summed E-state index contributed by atoms with van der Waals surface area (Å²) in [6.07, 6.45) is 6.50. The van der Waals surface area contributed by atoms with Crippen LogP contribution in [0.3, 0.4) is 0 Å². The third-order valence-corrected chi connectivity index (χ3v) is 23.6. The number of alkyl halides is 1. The van der Waals surface area contributed by atoms with Crippen molar-refractivity contribution in [3.8, 4) is 0 Å². The maximum Gasteiger partial charge on any atom is 0.0978 e. The summed E-state index contributed by atoms with van der Waals surface area (Å²) in [6, 6.07) is 7.05. The van der Waals surface area contributed by atoms with E-state index in [1.54, 1.807) is 48.6 Å². The molecule has 0 aromatic heterocycles. The molecule has 6 aromatic rings. The lowest BCUT2D eigenvalue weighted by atomic mass is 9.84. The fourth-order valence-corrected chi connectivity index (χ4v) is 15.0. The predicted octanol–water partition coefficient (Wildman–Crippen LogP) is 29.9. The fraction of sp³-hybridized carbons (Fsp3) is 0.0208. The molecular weight excluding hydrogens is 1570 g/mol. The van der Waals surface area contributed by atoms with Gasteiger partial charge in [0.25, 0.3) is 0 Å². The Balaban J connectivity index is 1.29. The molecule has 0 amide bonds. The van der Waals surface area contributed by atoms with E-state index in [4.69, 9.17) is 325 Å². The Morgan fingerprint density at radius 1 is 0.263 bits per heavy atom. The summed E-state index contributed by atoms with van der Waals surface area (Å²) in [6.45, 7) is 0. The number of hydrogen-bond donors (Lipinski definition) is 0. The van der Waals surface area contributed by atoms with Crippen LogP contribution in [-0.2, 0) is 0 Å². The van der Waals surface area contributed by atoms with Crippen molar-refractivity contribution >= 4 is 355 Å². The molecule has 1 atom stereocenters. The molecule has 0 heterocycles. The highest BCUT2D eigenvalue weighted by atomic mass is 35.5. The zero-order chi connectivity index (χ0) is 56.8. The SMILES string of the molecule is ClC1=C(Cl)/C(=C(/c2c(Cl)c(Cl)c(Cl)c(Cl)c2Cl)c2c(Cl)c(Cl)c(/C=C/c3ccc(/C=C/c4c(Cl)c(Cl)c([C](c5c(Cl)c(Cl)c(Cl)c(Cl)c5Cl)c5c(Cl)c(Cl)c(Cl)c(Cl)c5Cl)c(Cl)c4Cl)cc3)c(Cl)c2Cl)C(Cl)C(Cl)=C1Cl. The molecule has 1 unspecified atom stereocenters. The first kappa shape index (κ1) is 65.7. The number of hydrogen-bond acceptors (Lipinski definition) is 0. The Bertz CT molecular complexity index is 3460. The fourth-order valence-electron chi connectivity index (χ4n) is 7.25. The van der Waals surface area contributed by atoms with E-state index in [0.29, 0.717) is 11.1 Å². The van der Waals surface area contributed by atoms with Crippen molar-refractivity contribution in [2.45, 2.75) is 5.38 Å². The van der Waals surface area contributed by atoms with Gasteiger partial charge in [-0.05, 0) is 11.1 Å². The van der Waals surface area contributed by atoms with Crippen molar-refractivity contribution < 1.29 is 0 Å². The molecule has 0 spiro atoms. The number of allylic oxidation sites excluding steroid dienone is 5. The zero-order valence-corrected chi connectivity index (χ0v) is 56.4. The molecule has 0 N–H and O–H groups in total. The van der Waals surface area contributed by atoms with Gasteiger partial charge in [0.15, 0.2) is 0 Å². The van der Waals surface area contributed by atoms with E-state index < -0.39 is 5.38 Å². The topological polar surface area (TPSA) is 0 Å². The monoisotopic (exact) mass is 1560 g/mol. The van der Waals surface area contributed by atoms with Gasteiger partial charge in [0.2, 0.25) is 0 Å². The third kappa shape index (κ3) is 11.9. The molecule has 28 heteroatoms. The lowest BCUT2D eigenvalue weighted by Gasteiger charge is -2.28. The number of rotatable bonds is 9. The molecule has 1 aliphatic carbocycles. The van der Waals surface area contributed by atoms with Crippen molar-refractivity contribution in [1.29, 1.82) is 0 Å². The van der Waals surface area contributed by atoms with Crippen LogP contribution < -0.4 is 0 Å². The Hall–Kier alpha value is 2.14. The first-order chi connectivity index (χ1) is 35.4. The Morgan fingerprint density at radius 3 is 0.789 bits per heavy atom. The molecule has 0 bridgehead atoms. The molecular formula is C48H9Cl28. The van der Waals surface area contributed by atoms with Gasteiger partial charge < -0.3 is 0 Å². The van der Waals surface area contributed by atoms with Gasteiger partial charge in [0.05, 0.1) is 147 Å². The molecule has 1 aliphatic rings. The van der Waals surface area contributed by atoms with Crippen LogP contribution in [0.25, 0.3) is 29.9 Å². The van der Waals surface area contributed by atoms with Crippen LogP contribution in [0.15, 0.2) is 50.0 Å². The summed E-state index contributed by atoms with van der Waals surface area (Å²) in [5.74, 6) is -0.0945. The van der Waals surface area contributed by atoms with Crippen molar-refractivity contribution in [3.63, 3.8) is 0 Å². The van der Waals surface area contributed by atoms with E-state index >= 15 is 0 Å². The number of benzene rings is 6. The molecule has 76 heavy (non-hydrogen) atoms. The van der Waals surface area contributed by atoms with Gasteiger partial charge in [-0.2, -0.15) is 0 Å². The Labute approximate surface area is 573 Å². The molecule has 1 radical (unpaired) electrons. The Morgan fingerprint density at radius 2 is 0.500 bits per heavy atom. The van der Waals surface area contributed by atoms with Gasteiger partial charge in [-0.3, -0.25) is 0 Å². The second-order valence-corrected chi connectivity index (χ2v) is 25.7. The quantitative estimate of drug-likeness (QED) is 0.0445. The first-order valence-corrected chi connectivity index (χ1v) is 30.2. The smallest absolute Gasteiger partial charge is 0.0978 e. The van der Waals surface area contributed by atoms with Crippen molar-refractivity contribution in [3.05, 3.63) is 221 Å². The molecule has 0 fully saturated rings. The second kappa shape index (κ2) is 26.4. The standard InChI is InChI=1S/C48H9Cl28/c49-21-11(22(50)26(54)15(25(21)53)13(17-29(57)37(65)45(73)38(66)30(17)58)18-31(59)39(67)46(74)40(68)32(18)60)7-5-9-1-2-10(4-3-9)6-8-12-23(51)27(55)16(28(56)24(12)52)14(19-33(61)41(69)47(75)42(70)34(19)62)20-35(63)43(71)48(76)44(72)36(20)64/h1-8,29H/b7-5+,8-6+,17-13+. The zero-order valence-electron chi connectivity index (χ0n) is 35.3. The maximum atomic E-state index is 7.10. The van der Waals surface area contributed by atoms with Crippen LogP contribution in [0.5, 0.6) is 0 Å². The van der Waals surface area contributed by atoms with Gasteiger partial charge in [0, 0.05) is 50.1 Å². The van der Waals surface area contributed by atoms with Crippen molar-refractivity contribution in [1.82, 2.24) is 0 Å². The normalized spacial score (nSPS) is 15.0. The summed E-state index contributed by atoms with van der Waals surface area (Å²) in [5, 5.41) is -6.04. The second-order valence-electron chi connectivity index (χ2n) is 15.1. The van der Waals surface area contributed by atoms with Gasteiger partial charge in [-0.1, -0.05) is 362 Å². The van der Waals surface area contributed by atoms with E-state index in [1.165, 1.54) is 0 Å². The van der Waals surface area contributed by atoms with Gasteiger partial charge in [-0.25, -0.2) is 0 Å². The van der Waals surface area contributed by atoms with Crippen LogP contribution in [0.1, 0.15) is 50.1 Å². The van der Waals surface area contributed by atoms with Crippen LogP contribution >= 0.6 is 325 Å². The highest BCUT2D eigenvalue weighted by Crippen LogP contribution is 2.60. The van der Waals surface area contributed by atoms with E-state index in [1.807, 2.05) is 0 Å². The van der Waals surface area contributed by atoms with Gasteiger partial charge in [-0.15, -0.1) is 11.6 Å². The summed E-state index contributed by atoms with van der Waals surface area (Å²) >= 11 is 189. The lowest BCUT2D eigenvalue weighted by Crippen LogP contribution is -2.15. The number of halogens is 28. The third-order valence-electron chi connectivity index (χ3n) is 10.9. The van der Waals surface area contributed by atoms with Crippen LogP contribution in [0.4, 0.5) is 0 Å². The summed E-state index contributed by atoms with van der Waals surface area (Å²) < 4.78 is 0. The van der Waals surface area contributed by atoms with Gasteiger partial charge in [0.1, 0.15) is 0 Å². The predicted molar refractivity (Wildman–Crippen MR) is 345 cm³/mol. The van der Waals surface area contributed by atoms with Crippen molar-refractivity contribution in [2.24, 2.45) is 0 Å². The lowest BCUT2D eigenvalue weighted by molar-refractivity contribution is 1.21. The molecule has 7 rings (SSSR count). The van der Waals surface area contributed by atoms with E-state index in [2.05, 4.69) is 0 Å². The molecule has 0 saturated carbocycles.